The van der Waals surface area contributed by atoms with Crippen LogP contribution in [0.25, 0.3) is 0 Å². The van der Waals surface area contributed by atoms with E-state index < -0.39 is 30.3 Å². The first-order valence-corrected chi connectivity index (χ1v) is 11.7. The predicted molar refractivity (Wildman–Crippen MR) is 135 cm³/mol. The van der Waals surface area contributed by atoms with Gasteiger partial charge in [-0.1, -0.05) is 30.4 Å². The average Bonchev–Trinajstić information content (AvgIpc) is 2.80. The summed E-state index contributed by atoms with van der Waals surface area (Å²) in [4.78, 5) is 31.1. The van der Waals surface area contributed by atoms with Crippen LogP contribution in [0.15, 0.2) is 60.1 Å². The maximum absolute atomic E-state index is 13.2. The molecule has 0 saturated heterocycles. The largest absolute Gasteiger partial charge is 0.482 e. The van der Waals surface area contributed by atoms with Crippen LogP contribution in [0.1, 0.15) is 26.3 Å². The highest BCUT2D eigenvalue weighted by Gasteiger charge is 2.34. The molecule has 0 bridgehead atoms. The van der Waals surface area contributed by atoms with E-state index >= 15 is 0 Å². The van der Waals surface area contributed by atoms with Crippen LogP contribution < -0.4 is 15.4 Å². The number of nitrogens with zero attached hydrogens (tertiary/aromatic N) is 2. The number of Topliss-reactive ketones (excluding diaryl/α,β-unsaturated/α-hetero) is 1. The van der Waals surface area contributed by atoms with Gasteiger partial charge >= 0.3 is 12.3 Å². The molecule has 0 saturated carbocycles. The molecule has 1 aliphatic rings. The van der Waals surface area contributed by atoms with Gasteiger partial charge < -0.3 is 20.1 Å². The van der Waals surface area contributed by atoms with E-state index in [9.17, 15) is 22.8 Å². The number of rotatable bonds is 7. The van der Waals surface area contributed by atoms with E-state index in [2.05, 4.69) is 15.6 Å². The number of nitrogens with one attached hydrogen (secondary N) is 2. The van der Waals surface area contributed by atoms with Crippen molar-refractivity contribution in [1.29, 1.82) is 0 Å². The third-order valence-electron chi connectivity index (χ3n) is 4.93. The van der Waals surface area contributed by atoms with Gasteiger partial charge in [0.1, 0.15) is 16.3 Å². The second-order valence-electron chi connectivity index (χ2n) is 9.17. The molecule has 12 heteroatoms. The number of ether oxygens (including phenoxy) is 2. The summed E-state index contributed by atoms with van der Waals surface area (Å²) in [5.74, 6) is -0.484. The SMILES string of the molecule is CC(C)(C)OC(=O)N1CC(=O)C(C(=S)Nc2ccccc2)=C(NCc2ccncc2OCC(F)(F)F)C1. The molecular weight excluding hydrogens is 509 g/mol. The van der Waals surface area contributed by atoms with Crippen LogP contribution in [0, 0.1) is 0 Å². The number of alkyl halides is 3. The van der Waals surface area contributed by atoms with Crippen LogP contribution >= 0.6 is 12.2 Å². The van der Waals surface area contributed by atoms with Crippen LogP contribution in [-0.4, -0.2) is 58.2 Å². The van der Waals surface area contributed by atoms with Crippen molar-refractivity contribution in [3.05, 3.63) is 65.6 Å². The van der Waals surface area contributed by atoms with E-state index in [1.165, 1.54) is 23.4 Å². The number of aromatic nitrogens is 1. The van der Waals surface area contributed by atoms with E-state index in [-0.39, 0.29) is 35.9 Å². The summed E-state index contributed by atoms with van der Waals surface area (Å²) in [5, 5.41) is 6.08. The quantitative estimate of drug-likeness (QED) is 0.495. The number of carbonyl (C=O) groups is 2. The third kappa shape index (κ3) is 8.45. The fourth-order valence-corrected chi connectivity index (χ4v) is 3.73. The molecule has 0 fully saturated rings. The second kappa shape index (κ2) is 11.6. The van der Waals surface area contributed by atoms with Crippen molar-refractivity contribution in [2.45, 2.75) is 39.1 Å². The molecule has 0 unspecified atom stereocenters. The minimum Gasteiger partial charge on any atom is -0.482 e. The highest BCUT2D eigenvalue weighted by molar-refractivity contribution is 7.81. The van der Waals surface area contributed by atoms with Gasteiger partial charge in [0.2, 0.25) is 0 Å². The Morgan fingerprint density at radius 3 is 2.49 bits per heavy atom. The van der Waals surface area contributed by atoms with Crippen LogP contribution in [0.3, 0.4) is 0 Å². The number of carbonyl (C=O) groups excluding carboxylic acids is 2. The minimum atomic E-state index is -4.52. The van der Waals surface area contributed by atoms with Gasteiger partial charge in [-0.25, -0.2) is 4.79 Å². The predicted octanol–water partition coefficient (Wildman–Crippen LogP) is 4.63. The highest BCUT2D eigenvalue weighted by Crippen LogP contribution is 2.24. The summed E-state index contributed by atoms with van der Waals surface area (Å²) in [7, 11) is 0. The lowest BCUT2D eigenvalue weighted by atomic mass is 10.0. The number of thiocarbonyl (C=S) groups is 1. The number of anilines is 1. The van der Waals surface area contributed by atoms with Crippen molar-refractivity contribution < 1.29 is 32.2 Å². The van der Waals surface area contributed by atoms with Gasteiger partial charge in [0, 0.05) is 29.7 Å². The van der Waals surface area contributed by atoms with Crippen molar-refractivity contribution in [2.75, 3.05) is 25.0 Å². The number of hydrogen-bond donors (Lipinski definition) is 2. The maximum Gasteiger partial charge on any atom is 0.422 e. The molecule has 1 aromatic heterocycles. The molecule has 0 aliphatic carbocycles. The van der Waals surface area contributed by atoms with Crippen LogP contribution in [0.5, 0.6) is 5.75 Å². The molecule has 2 aromatic rings. The van der Waals surface area contributed by atoms with Crippen molar-refractivity contribution in [3.8, 4) is 5.75 Å². The standard InChI is InChI=1S/C25H27F3N4O4S/c1-24(2,3)36-23(34)32-13-18(21(19(33)14-32)22(37)31-17-7-5-4-6-8-17)30-11-16-9-10-29-12-20(16)35-15-25(26,27)28/h4-10,12,30H,11,13-15H2,1-3H3,(H,31,37). The minimum absolute atomic E-state index is 0.0159. The van der Waals surface area contributed by atoms with Gasteiger partial charge in [-0.05, 0) is 39.0 Å². The van der Waals surface area contributed by atoms with E-state index in [0.29, 0.717) is 16.9 Å². The fraction of sp³-hybridized carbons (Fsp3) is 0.360. The molecule has 2 heterocycles. The lowest BCUT2D eigenvalue weighted by Crippen LogP contribution is -2.48. The number of ketones is 1. The number of hydrogen-bond acceptors (Lipinski definition) is 7. The highest BCUT2D eigenvalue weighted by atomic mass is 32.1. The van der Waals surface area contributed by atoms with Crippen molar-refractivity contribution >= 4 is 34.8 Å². The summed E-state index contributed by atoms with van der Waals surface area (Å²) in [6, 6.07) is 10.5. The molecule has 198 valence electrons. The number of benzene rings is 1. The Labute approximate surface area is 217 Å². The number of pyridine rings is 1. The van der Waals surface area contributed by atoms with E-state index in [1.54, 1.807) is 45.0 Å². The summed E-state index contributed by atoms with van der Waals surface area (Å²) in [6.45, 7) is 3.36. The molecule has 0 spiro atoms. The average molecular weight is 537 g/mol. The van der Waals surface area contributed by atoms with Crippen LogP contribution in [-0.2, 0) is 16.1 Å². The topological polar surface area (TPSA) is 92.8 Å². The molecule has 1 amide bonds. The van der Waals surface area contributed by atoms with E-state index in [4.69, 9.17) is 21.7 Å². The molecular formula is C25H27F3N4O4S. The van der Waals surface area contributed by atoms with Gasteiger partial charge in [-0.2, -0.15) is 13.2 Å². The fourth-order valence-electron chi connectivity index (χ4n) is 3.37. The molecule has 0 atom stereocenters. The van der Waals surface area contributed by atoms with Gasteiger partial charge in [-0.15, -0.1) is 0 Å². The smallest absolute Gasteiger partial charge is 0.422 e. The Balaban J connectivity index is 1.87. The van der Waals surface area contributed by atoms with Gasteiger partial charge in [0.05, 0.1) is 24.9 Å². The molecule has 1 aliphatic heterocycles. The summed E-state index contributed by atoms with van der Waals surface area (Å²) in [5.41, 5.74) is 0.747. The van der Waals surface area contributed by atoms with Gasteiger partial charge in [0.25, 0.3) is 0 Å². The first-order valence-electron chi connectivity index (χ1n) is 11.3. The summed E-state index contributed by atoms with van der Waals surface area (Å²) in [6.07, 6.45) is -2.61. The first-order chi connectivity index (χ1) is 17.3. The number of amides is 1. The third-order valence-corrected chi connectivity index (χ3v) is 5.23. The zero-order chi connectivity index (χ0) is 27.2. The summed E-state index contributed by atoms with van der Waals surface area (Å²) >= 11 is 5.52. The van der Waals surface area contributed by atoms with Crippen molar-refractivity contribution in [2.24, 2.45) is 0 Å². The zero-order valence-electron chi connectivity index (χ0n) is 20.5. The summed E-state index contributed by atoms with van der Waals surface area (Å²) < 4.78 is 48.3. The van der Waals surface area contributed by atoms with E-state index in [1.807, 2.05) is 6.07 Å². The molecule has 2 N–H and O–H groups in total. The monoisotopic (exact) mass is 536 g/mol. The molecule has 1 aromatic carbocycles. The Bertz CT molecular complexity index is 1180. The Morgan fingerprint density at radius 1 is 1.14 bits per heavy atom. The number of halogens is 3. The Kier molecular flexibility index (Phi) is 8.74. The lowest BCUT2D eigenvalue weighted by molar-refractivity contribution is -0.153. The molecule has 37 heavy (non-hydrogen) atoms. The Hall–Kier alpha value is -3.67. The Morgan fingerprint density at radius 2 is 1.84 bits per heavy atom. The maximum atomic E-state index is 13.2. The molecule has 8 nitrogen and oxygen atoms in total. The van der Waals surface area contributed by atoms with E-state index in [0.717, 1.165) is 0 Å². The molecule has 3 rings (SSSR count). The zero-order valence-corrected chi connectivity index (χ0v) is 21.3. The van der Waals surface area contributed by atoms with Gasteiger partial charge in [-0.3, -0.25) is 14.7 Å². The second-order valence-corrected chi connectivity index (χ2v) is 9.58. The lowest BCUT2D eigenvalue weighted by Gasteiger charge is -2.32. The van der Waals surface area contributed by atoms with Crippen molar-refractivity contribution in [3.63, 3.8) is 0 Å². The van der Waals surface area contributed by atoms with Crippen LogP contribution in [0.2, 0.25) is 0 Å². The normalized spacial score (nSPS) is 14.3. The van der Waals surface area contributed by atoms with Crippen LogP contribution in [0.4, 0.5) is 23.7 Å². The molecule has 0 radical (unpaired) electrons. The first kappa shape index (κ1) is 27.9. The number of para-hydroxylation sites is 1. The van der Waals surface area contributed by atoms with Gasteiger partial charge in [0.15, 0.2) is 12.4 Å². The van der Waals surface area contributed by atoms with Crippen molar-refractivity contribution in [1.82, 2.24) is 15.2 Å².